The predicted molar refractivity (Wildman–Crippen MR) is 117 cm³/mol. The van der Waals surface area contributed by atoms with Crippen LogP contribution in [-0.2, 0) is 26.2 Å². The number of carbonyl (C=O) groups excluding carboxylic acids is 1. The summed E-state index contributed by atoms with van der Waals surface area (Å²) in [5.74, 6) is -0.630. The summed E-state index contributed by atoms with van der Waals surface area (Å²) in [6.07, 6.45) is 0.0223. The molecule has 1 unspecified atom stereocenters. The molecule has 3 aromatic rings. The molecule has 6 nitrogen and oxygen atoms in total. The summed E-state index contributed by atoms with van der Waals surface area (Å²) in [5, 5.41) is 0.957. The molecule has 0 aliphatic carbocycles. The fourth-order valence-electron chi connectivity index (χ4n) is 3.20. The topological polar surface area (TPSA) is 78.9 Å². The molecule has 0 radical (unpaired) electrons. The third-order valence-electron chi connectivity index (χ3n) is 4.74. The van der Waals surface area contributed by atoms with Gasteiger partial charge in [-0.3, -0.25) is 9.13 Å². The number of fused-ring (bicyclic) bond motifs is 1. The highest BCUT2D eigenvalue weighted by molar-refractivity contribution is 7.68. The van der Waals surface area contributed by atoms with Crippen LogP contribution in [0, 0.1) is 0 Å². The quantitative estimate of drug-likeness (QED) is 0.432. The zero-order chi connectivity index (χ0) is 21.2. The van der Waals surface area contributed by atoms with Gasteiger partial charge in [0.05, 0.1) is 11.7 Å². The normalized spacial score (nSPS) is 21.0. The maximum absolute atomic E-state index is 14.0. The van der Waals surface area contributed by atoms with Crippen molar-refractivity contribution in [1.82, 2.24) is 0 Å². The van der Waals surface area contributed by atoms with Crippen LogP contribution >= 0.6 is 14.7 Å². The molecule has 2 atom stereocenters. The molecular weight excluding hydrogens is 437 g/mol. The van der Waals surface area contributed by atoms with E-state index in [4.69, 9.17) is 10.9 Å². The Labute approximate surface area is 180 Å². The van der Waals surface area contributed by atoms with Gasteiger partial charge in [-0.2, -0.15) is 0 Å². The third kappa shape index (κ3) is 4.53. The van der Waals surface area contributed by atoms with Gasteiger partial charge in [0, 0.05) is 17.3 Å². The maximum atomic E-state index is 14.0. The standard InChI is InChI=1S/C14H13O4P.C7H9O2P.Al/c15-14(16)13-9-5-4-6-11(13)10-19(17,18)12-7-2-1-3-8-12;1-10(8,9)7-5-3-2-4-6-7;/h1-9H,10H2,(H,15,16)(H,17,18);2-6H,1H3,(H,8,9);/q;;+3/p-3. The lowest BCUT2D eigenvalue weighted by molar-refractivity contribution is 0.0663. The lowest BCUT2D eigenvalue weighted by Gasteiger charge is -2.27. The van der Waals surface area contributed by atoms with Gasteiger partial charge in [0.25, 0.3) is 0 Å². The molecule has 0 fully saturated rings. The smallest absolute Gasteiger partial charge is 0.568 e. The monoisotopic (exact) mass is 456 g/mol. The summed E-state index contributed by atoms with van der Waals surface area (Å²) in [6, 6.07) is 24.2. The molecule has 0 saturated heterocycles. The van der Waals surface area contributed by atoms with E-state index in [1.165, 1.54) is 6.66 Å². The molecule has 9 heteroatoms. The van der Waals surface area contributed by atoms with E-state index in [2.05, 4.69) is 0 Å². The van der Waals surface area contributed by atoms with Gasteiger partial charge in [0.15, 0.2) is 0 Å². The van der Waals surface area contributed by atoms with Gasteiger partial charge in [-0.25, -0.2) is 4.79 Å². The molecule has 0 spiro atoms. The molecule has 0 amide bonds. The van der Waals surface area contributed by atoms with Crippen molar-refractivity contribution in [2.24, 2.45) is 0 Å². The van der Waals surface area contributed by atoms with Crippen LogP contribution in [0.1, 0.15) is 15.9 Å². The molecule has 152 valence electrons. The lowest BCUT2D eigenvalue weighted by Crippen LogP contribution is -2.33. The zero-order valence-electron chi connectivity index (χ0n) is 16.2. The van der Waals surface area contributed by atoms with E-state index < -0.39 is 35.9 Å². The SMILES string of the molecule is CP(=O)([O][Al]1[O]C(=O)c2ccccc2C[P@@](=O)(c2ccccc2)[O]1)c1ccccc1. The third-order valence-corrected chi connectivity index (χ3v) is 12.6. The van der Waals surface area contributed by atoms with E-state index in [0.717, 1.165) is 0 Å². The van der Waals surface area contributed by atoms with Gasteiger partial charge in [-0.05, 0) is 35.9 Å². The van der Waals surface area contributed by atoms with Gasteiger partial charge in [0.1, 0.15) is 0 Å². The van der Waals surface area contributed by atoms with Crippen molar-refractivity contribution in [1.29, 1.82) is 0 Å². The van der Waals surface area contributed by atoms with Gasteiger partial charge in [-0.15, -0.1) is 0 Å². The first-order chi connectivity index (χ1) is 14.4. The van der Waals surface area contributed by atoms with Crippen molar-refractivity contribution in [3.8, 4) is 0 Å². The van der Waals surface area contributed by atoms with Crippen molar-refractivity contribution >= 4 is 46.5 Å². The van der Waals surface area contributed by atoms with Crippen molar-refractivity contribution in [2.45, 2.75) is 6.16 Å². The summed E-state index contributed by atoms with van der Waals surface area (Å²) < 4.78 is 44.4. The number of rotatable bonds is 4. The Bertz CT molecular complexity index is 1150. The van der Waals surface area contributed by atoms with Crippen LogP contribution in [-0.4, -0.2) is 27.8 Å². The Balaban J connectivity index is 1.74. The van der Waals surface area contributed by atoms with Gasteiger partial charge >= 0.3 is 21.1 Å². The zero-order valence-corrected chi connectivity index (χ0v) is 19.2. The highest BCUT2D eigenvalue weighted by Gasteiger charge is 2.50. The van der Waals surface area contributed by atoms with Crippen LogP contribution in [0.25, 0.3) is 0 Å². The van der Waals surface area contributed by atoms with Crippen LogP contribution < -0.4 is 10.6 Å². The molecule has 1 aliphatic heterocycles. The van der Waals surface area contributed by atoms with E-state index in [1.54, 1.807) is 78.9 Å². The Morgan fingerprint density at radius 1 is 0.933 bits per heavy atom. The van der Waals surface area contributed by atoms with E-state index in [1.807, 2.05) is 6.07 Å². The molecule has 4 rings (SSSR count). The Kier molecular flexibility index (Phi) is 6.14. The minimum atomic E-state index is -3.49. The summed E-state index contributed by atoms with van der Waals surface area (Å²) in [4.78, 5) is 12.7. The lowest BCUT2D eigenvalue weighted by atomic mass is 10.1. The molecule has 0 saturated carbocycles. The fraction of sp³-hybridized carbons (Fsp3) is 0.0952. The van der Waals surface area contributed by atoms with Crippen molar-refractivity contribution in [2.75, 3.05) is 6.66 Å². The minimum Gasteiger partial charge on any atom is -0.568 e. The highest BCUT2D eigenvalue weighted by atomic mass is 31.2. The van der Waals surface area contributed by atoms with Crippen molar-refractivity contribution < 1.29 is 24.9 Å². The number of benzene rings is 3. The second kappa shape index (κ2) is 8.65. The summed E-state index contributed by atoms with van der Waals surface area (Å²) in [6.45, 7) is 1.44. The van der Waals surface area contributed by atoms with Gasteiger partial charge in [-0.1, -0.05) is 54.6 Å². The second-order valence-corrected chi connectivity index (χ2v) is 13.8. The number of carbonyl (C=O) groups is 1. The van der Waals surface area contributed by atoms with E-state index >= 15 is 0 Å². The van der Waals surface area contributed by atoms with Gasteiger partial charge < -0.3 is 10.9 Å². The average molecular weight is 456 g/mol. The van der Waals surface area contributed by atoms with Crippen LogP contribution in [0.4, 0.5) is 0 Å². The predicted octanol–water partition coefficient (Wildman–Crippen LogP) is 4.21. The number of hydrogen-bond donors (Lipinski definition) is 0. The first-order valence-electron chi connectivity index (χ1n) is 9.31. The van der Waals surface area contributed by atoms with Crippen LogP contribution in [0.3, 0.4) is 0 Å². The fourth-order valence-corrected chi connectivity index (χ4v) is 10.3. The Morgan fingerprint density at radius 2 is 1.53 bits per heavy atom. The van der Waals surface area contributed by atoms with Crippen molar-refractivity contribution in [3.05, 3.63) is 96.1 Å². The molecule has 3 aromatic carbocycles. The largest absolute Gasteiger partial charge is 1.01 e. The molecular formula is C21H19AlO6P2. The first kappa shape index (κ1) is 21.3. The van der Waals surface area contributed by atoms with Crippen LogP contribution in [0.5, 0.6) is 0 Å². The molecule has 1 heterocycles. The average Bonchev–Trinajstić information content (AvgIpc) is 2.74. The minimum absolute atomic E-state index is 0.0223. The van der Waals surface area contributed by atoms with Crippen LogP contribution in [0.15, 0.2) is 84.9 Å². The molecule has 0 bridgehead atoms. The van der Waals surface area contributed by atoms with E-state index in [9.17, 15) is 13.9 Å². The van der Waals surface area contributed by atoms with E-state index in [-0.39, 0.29) is 6.16 Å². The molecule has 30 heavy (non-hydrogen) atoms. The summed E-state index contributed by atoms with van der Waals surface area (Å²) in [7, 11) is -6.86. The summed E-state index contributed by atoms with van der Waals surface area (Å²) in [5.41, 5.74) is 0.883. The van der Waals surface area contributed by atoms with E-state index in [0.29, 0.717) is 21.7 Å². The van der Waals surface area contributed by atoms with Crippen molar-refractivity contribution in [3.63, 3.8) is 0 Å². The highest BCUT2D eigenvalue weighted by Crippen LogP contribution is 2.53. The maximum Gasteiger partial charge on any atom is 1.01 e. The molecule has 0 aromatic heterocycles. The van der Waals surface area contributed by atoms with Crippen LogP contribution in [0.2, 0.25) is 0 Å². The Morgan fingerprint density at radius 3 is 2.23 bits per heavy atom. The van der Waals surface area contributed by atoms with Gasteiger partial charge in [0.2, 0.25) is 14.7 Å². The first-order valence-corrected chi connectivity index (χ1v) is 14.6. The second-order valence-electron chi connectivity index (χ2n) is 6.91. The summed E-state index contributed by atoms with van der Waals surface area (Å²) >= 11 is -3.38. The molecule has 0 N–H and O–H groups in total. The number of hydrogen-bond acceptors (Lipinski definition) is 6. The Hall–Kier alpha value is -1.96. The molecule has 1 aliphatic rings.